The average molecular weight is 1440 g/mol. The highest BCUT2D eigenvalue weighted by molar-refractivity contribution is 6.31. The fraction of sp³-hybridized carbons (Fsp3) is 0.743. The third-order valence-corrected chi connectivity index (χ3v) is 21.3. The monoisotopic (exact) mass is 1440 g/mol. The van der Waals surface area contributed by atoms with Crippen molar-refractivity contribution in [2.45, 2.75) is 229 Å². The van der Waals surface area contributed by atoms with Crippen molar-refractivity contribution >= 4 is 82.5 Å². The molecular weight excluding hydrogens is 1330 g/mol. The molecule has 24 nitrogen and oxygen atoms in total. The van der Waals surface area contributed by atoms with Crippen molar-refractivity contribution in [1.82, 2.24) is 60.0 Å². The number of carbonyl (C=O) groups is 12. The van der Waals surface area contributed by atoms with Gasteiger partial charge in [-0.15, -0.1) is 0 Å². The summed E-state index contributed by atoms with van der Waals surface area (Å²) < 4.78 is 70.4. The van der Waals surface area contributed by atoms with Gasteiger partial charge in [-0.3, -0.25) is 57.5 Å². The molecule has 0 bridgehead atoms. The Balaban J connectivity index is 1.43. The number of carbonyl (C=O) groups excluding carboxylic acids is 12. The molecule has 0 aromatic heterocycles. The SMILES string of the molecule is CC[C@H](C)[C@@H]1NC(=O)[C@H](CC(C)C)N(C)C(=O)C[C@@H](C(=O)N2CCCCC2)N(C)C(=O)[C@H](CCC(F)F)N(C)C(=O)C2(CCCC2)NC(=O)C2CCCN2C(=O)[C@H](CCc2ccc(C(F)(F)F)c(Cl)c2)NC(=O)CN(C)C(=O)[C@H](CC2CCCCC2)N(C)C(=O)CN(C)C(=O)CN(C)C1=O. The predicted octanol–water partition coefficient (Wildman–Crippen LogP) is 5.89. The average Bonchev–Trinajstić information content (AvgIpc) is 1.48. The van der Waals surface area contributed by atoms with Crippen LogP contribution in [0.3, 0.4) is 0 Å². The quantitative estimate of drug-likeness (QED) is 0.195. The largest absolute Gasteiger partial charge is 0.417 e. The lowest BCUT2D eigenvalue weighted by molar-refractivity contribution is -0.155. The number of nitrogens with zero attached hydrogens (tertiary/aromatic N) is 9. The van der Waals surface area contributed by atoms with Gasteiger partial charge in [0.15, 0.2) is 0 Å². The Morgan fingerprint density at radius 3 is 1.84 bits per heavy atom. The number of fused-ring (bicyclic) bond motifs is 1. The number of likely N-dealkylation sites (tertiary alicyclic amines) is 1. The molecule has 100 heavy (non-hydrogen) atoms. The number of amides is 12. The van der Waals surface area contributed by atoms with Crippen molar-refractivity contribution < 1.29 is 79.5 Å². The minimum atomic E-state index is -4.79. The molecule has 1 aromatic carbocycles. The molecule has 0 radical (unpaired) electrons. The van der Waals surface area contributed by atoms with Crippen LogP contribution in [0, 0.1) is 17.8 Å². The van der Waals surface area contributed by atoms with E-state index in [1.165, 1.54) is 70.1 Å². The Kier molecular flexibility index (Phi) is 29.9. The third kappa shape index (κ3) is 21.2. The van der Waals surface area contributed by atoms with E-state index in [-0.39, 0.29) is 88.4 Å². The molecule has 12 amide bonds. The van der Waals surface area contributed by atoms with Crippen LogP contribution in [0.2, 0.25) is 5.02 Å². The number of alkyl halides is 5. The van der Waals surface area contributed by atoms with Gasteiger partial charge in [0.1, 0.15) is 47.8 Å². The third-order valence-electron chi connectivity index (χ3n) is 21.0. The van der Waals surface area contributed by atoms with Gasteiger partial charge in [0.05, 0.1) is 36.6 Å². The van der Waals surface area contributed by atoms with E-state index in [1.54, 1.807) is 13.8 Å². The number of halogens is 6. The molecule has 30 heteroatoms. The lowest BCUT2D eigenvalue weighted by atomic mass is 9.84. The Labute approximate surface area is 589 Å². The Morgan fingerprint density at radius 1 is 0.630 bits per heavy atom. The minimum absolute atomic E-state index is 0.00664. The van der Waals surface area contributed by atoms with Gasteiger partial charge >= 0.3 is 6.18 Å². The zero-order valence-corrected chi connectivity index (χ0v) is 60.8. The number of aryl methyl sites for hydroxylation is 1. The van der Waals surface area contributed by atoms with E-state index < -0.39 is 187 Å². The van der Waals surface area contributed by atoms with Crippen molar-refractivity contribution in [3.05, 3.63) is 34.3 Å². The van der Waals surface area contributed by atoms with E-state index in [0.29, 0.717) is 32.1 Å². The highest BCUT2D eigenvalue weighted by Gasteiger charge is 2.50. The smallest absolute Gasteiger partial charge is 0.343 e. The fourth-order valence-corrected chi connectivity index (χ4v) is 14.8. The summed E-state index contributed by atoms with van der Waals surface area (Å²) in [5, 5.41) is 7.84. The fourth-order valence-electron chi connectivity index (χ4n) is 14.5. The summed E-state index contributed by atoms with van der Waals surface area (Å²) >= 11 is 6.12. The van der Waals surface area contributed by atoms with Crippen molar-refractivity contribution in [3.63, 3.8) is 0 Å². The van der Waals surface area contributed by atoms with E-state index in [2.05, 4.69) is 16.0 Å². The van der Waals surface area contributed by atoms with E-state index in [4.69, 9.17) is 11.6 Å². The summed E-state index contributed by atoms with van der Waals surface area (Å²) in [5.74, 6) is -9.88. The van der Waals surface area contributed by atoms with Gasteiger partial charge in [0.25, 0.3) is 0 Å². The first-order valence-electron chi connectivity index (χ1n) is 35.5. The molecule has 2 aliphatic carbocycles. The van der Waals surface area contributed by atoms with E-state index in [1.807, 2.05) is 13.8 Å². The van der Waals surface area contributed by atoms with Gasteiger partial charge in [-0.2, -0.15) is 13.2 Å². The maximum Gasteiger partial charge on any atom is 0.417 e. The zero-order valence-electron chi connectivity index (χ0n) is 60.1. The minimum Gasteiger partial charge on any atom is -0.343 e. The van der Waals surface area contributed by atoms with Crippen LogP contribution in [0.5, 0.6) is 0 Å². The lowest BCUT2D eigenvalue weighted by Crippen LogP contribution is -2.64. The number of hydrogen-bond donors (Lipinski definition) is 3. The summed E-state index contributed by atoms with van der Waals surface area (Å²) in [5.41, 5.74) is -2.61. The number of likely N-dealkylation sites (N-methyl/N-ethyl adjacent to an activating group) is 7. The van der Waals surface area contributed by atoms with E-state index in [0.717, 1.165) is 80.1 Å². The molecule has 5 fully saturated rings. The predicted molar refractivity (Wildman–Crippen MR) is 362 cm³/mol. The summed E-state index contributed by atoms with van der Waals surface area (Å²) in [6.45, 7) is 5.85. The first-order valence-corrected chi connectivity index (χ1v) is 35.8. The molecule has 1 aromatic rings. The number of hydrogen-bond acceptors (Lipinski definition) is 12. The van der Waals surface area contributed by atoms with Crippen LogP contribution in [0.15, 0.2) is 18.2 Å². The van der Waals surface area contributed by atoms with Crippen molar-refractivity contribution in [1.29, 1.82) is 0 Å². The van der Waals surface area contributed by atoms with E-state index >= 15 is 14.4 Å². The van der Waals surface area contributed by atoms with Crippen LogP contribution in [0.1, 0.15) is 174 Å². The van der Waals surface area contributed by atoms with Gasteiger partial charge in [-0.05, 0) is 112 Å². The van der Waals surface area contributed by atoms with Gasteiger partial charge < -0.3 is 60.0 Å². The highest BCUT2D eigenvalue weighted by atomic mass is 35.5. The molecule has 5 aliphatic rings. The maximum atomic E-state index is 15.4. The molecular formula is C70H106ClF5N12O12. The van der Waals surface area contributed by atoms with Crippen LogP contribution in [0.4, 0.5) is 22.0 Å². The summed E-state index contributed by atoms with van der Waals surface area (Å²) in [6.07, 6.45) is -2.43. The molecule has 3 heterocycles. The van der Waals surface area contributed by atoms with Crippen molar-refractivity contribution in [2.75, 3.05) is 88.6 Å². The second-order valence-corrected chi connectivity index (χ2v) is 29.2. The van der Waals surface area contributed by atoms with Crippen LogP contribution in [-0.2, 0) is 70.1 Å². The highest BCUT2D eigenvalue weighted by Crippen LogP contribution is 2.37. The molecule has 8 atom stereocenters. The molecule has 3 saturated heterocycles. The summed E-state index contributed by atoms with van der Waals surface area (Å²) in [7, 11) is 9.28. The van der Waals surface area contributed by atoms with Gasteiger partial charge in [0.2, 0.25) is 77.3 Å². The lowest BCUT2D eigenvalue weighted by Gasteiger charge is -2.41. The van der Waals surface area contributed by atoms with Crippen molar-refractivity contribution in [2.24, 2.45) is 17.8 Å². The molecule has 560 valence electrons. The molecule has 1 unspecified atom stereocenters. The molecule has 6 rings (SSSR count). The second-order valence-electron chi connectivity index (χ2n) is 28.8. The number of benzene rings is 1. The van der Waals surface area contributed by atoms with Crippen LogP contribution >= 0.6 is 11.6 Å². The topological polar surface area (TPSA) is 270 Å². The molecule has 2 saturated carbocycles. The number of rotatable bonds is 13. The standard InChI is InChI=1S/C70H106ClF5N12O12/c1-12-44(4)60-67(99)82(7)41-58(91)80(5)42-59(92)84(9)53(38-45-22-15-13-16-23-45)64(96)81(6)40-56(89)77-49(28-26-46-25-27-47(48(71)37-46)70(74,75)76)63(95)88-35-21-24-50(88)62(94)79-69(31-17-18-32-69)68(100)86(11)51(29-30-55(72)73)65(97)85(10)54(66(98)87-33-19-14-20-34-87)39-57(90)83(8)52(36-43(2)3)61(93)78-60/h25,27,37,43-45,49-55,60H,12-24,26,28-36,38-42H2,1-11H3,(H,77,89)(H,78,93)(H,79,94)/t44-,49-,50?,51-,52-,53-,54-,60-/m0/s1. The van der Waals surface area contributed by atoms with Crippen LogP contribution in [-0.4, -0.2) is 258 Å². The summed E-state index contributed by atoms with van der Waals surface area (Å²) in [6, 6.07) is -6.71. The first-order chi connectivity index (χ1) is 47.0. The molecule has 1 spiro atoms. The number of piperidine rings is 1. The Morgan fingerprint density at radius 2 is 1.24 bits per heavy atom. The Bertz CT molecular complexity index is 3090. The Hall–Kier alpha value is -7.20. The van der Waals surface area contributed by atoms with Crippen molar-refractivity contribution in [3.8, 4) is 0 Å². The zero-order chi connectivity index (χ0) is 74.2. The second kappa shape index (κ2) is 36.6. The summed E-state index contributed by atoms with van der Waals surface area (Å²) in [4.78, 5) is 188. The number of nitrogens with one attached hydrogen (secondary N) is 3. The van der Waals surface area contributed by atoms with E-state index in [9.17, 15) is 65.1 Å². The van der Waals surface area contributed by atoms with Crippen LogP contribution in [0.25, 0.3) is 0 Å². The van der Waals surface area contributed by atoms with Crippen LogP contribution < -0.4 is 16.0 Å². The maximum absolute atomic E-state index is 15.4. The van der Waals surface area contributed by atoms with Gasteiger partial charge in [0, 0.05) is 75.4 Å². The normalized spacial score (nSPS) is 25.9. The molecule has 3 aliphatic heterocycles. The van der Waals surface area contributed by atoms with Gasteiger partial charge in [-0.1, -0.05) is 96.7 Å². The molecule has 3 N–H and O–H groups in total. The van der Waals surface area contributed by atoms with Gasteiger partial charge in [-0.25, -0.2) is 8.78 Å². The first kappa shape index (κ1) is 81.8.